The lowest BCUT2D eigenvalue weighted by Gasteiger charge is -2.51. The van der Waals surface area contributed by atoms with Crippen LogP contribution in [0.3, 0.4) is 0 Å². The maximum atomic E-state index is 13.0. The van der Waals surface area contributed by atoms with Crippen LogP contribution < -0.4 is 0 Å². The van der Waals surface area contributed by atoms with E-state index in [2.05, 4.69) is 42.5 Å². The molecule has 0 unspecified atom stereocenters. The Hall–Kier alpha value is -2.65. The van der Waals surface area contributed by atoms with E-state index in [0.29, 0.717) is 12.5 Å². The number of rotatable bonds is 4. The molecule has 8 nitrogen and oxygen atoms in total. The van der Waals surface area contributed by atoms with Crippen LogP contribution in [-0.4, -0.2) is 100 Å². The van der Waals surface area contributed by atoms with Crippen molar-refractivity contribution >= 4 is 29.2 Å². The Morgan fingerprint density at radius 3 is 1.89 bits per heavy atom. The zero-order valence-corrected chi connectivity index (χ0v) is 21.0. The summed E-state index contributed by atoms with van der Waals surface area (Å²) in [6.07, 6.45) is -6.47. The van der Waals surface area contributed by atoms with Crippen LogP contribution in [0.5, 0.6) is 0 Å². The molecule has 2 aliphatic rings. The van der Waals surface area contributed by atoms with Crippen LogP contribution in [0.25, 0.3) is 0 Å². The van der Waals surface area contributed by atoms with Crippen LogP contribution in [-0.2, 0) is 20.9 Å². The van der Waals surface area contributed by atoms with E-state index in [1.807, 2.05) is 22.3 Å². The van der Waals surface area contributed by atoms with Gasteiger partial charge in [-0.1, -0.05) is 6.08 Å². The van der Waals surface area contributed by atoms with Crippen LogP contribution in [0.1, 0.15) is 22.6 Å². The minimum atomic E-state index is -5.08. The summed E-state index contributed by atoms with van der Waals surface area (Å²) in [7, 11) is 2.11. The number of nitrogens with zero attached hydrogens (tertiary/aromatic N) is 3. The molecule has 0 bridgehead atoms. The highest BCUT2D eigenvalue weighted by Crippen LogP contribution is 2.33. The fourth-order valence-electron chi connectivity index (χ4n) is 3.84. The van der Waals surface area contributed by atoms with Crippen molar-refractivity contribution in [3.8, 4) is 0 Å². The van der Waals surface area contributed by atoms with Crippen molar-refractivity contribution < 1.29 is 50.9 Å². The van der Waals surface area contributed by atoms with E-state index >= 15 is 0 Å². The van der Waals surface area contributed by atoms with Crippen molar-refractivity contribution in [3.63, 3.8) is 0 Å². The van der Waals surface area contributed by atoms with Gasteiger partial charge in [0, 0.05) is 49.0 Å². The summed E-state index contributed by atoms with van der Waals surface area (Å²) in [6, 6.07) is 4.42. The third-order valence-corrected chi connectivity index (χ3v) is 6.80. The Morgan fingerprint density at radius 2 is 1.51 bits per heavy atom. The zero-order chi connectivity index (χ0) is 28.6. The number of alkyl halides is 6. The molecular formula is C22H29F6N3O5S. The molecule has 1 amide bonds. The quantitative estimate of drug-likeness (QED) is 0.428. The molecule has 0 atom stereocenters. The third kappa shape index (κ3) is 9.63. The van der Waals surface area contributed by atoms with Gasteiger partial charge in [-0.15, -0.1) is 17.9 Å². The van der Waals surface area contributed by atoms with Gasteiger partial charge in [0.15, 0.2) is 0 Å². The topological polar surface area (TPSA) is 101 Å². The minimum absolute atomic E-state index is 0.289. The van der Waals surface area contributed by atoms with Crippen molar-refractivity contribution in [2.75, 3.05) is 39.8 Å². The number of amides is 1. The maximum Gasteiger partial charge on any atom is 0.490 e. The van der Waals surface area contributed by atoms with Gasteiger partial charge in [-0.25, -0.2) is 9.59 Å². The van der Waals surface area contributed by atoms with Crippen molar-refractivity contribution in [2.45, 2.75) is 44.2 Å². The molecule has 210 valence electrons. The molecule has 3 rings (SSSR count). The lowest BCUT2D eigenvalue weighted by molar-refractivity contribution is -0.193. The first kappa shape index (κ1) is 32.4. The Kier molecular flexibility index (Phi) is 11.6. The highest BCUT2D eigenvalue weighted by atomic mass is 32.1. The number of likely N-dealkylation sites (tertiary alicyclic amines) is 1. The first-order valence-electron chi connectivity index (χ1n) is 10.9. The lowest BCUT2D eigenvalue weighted by atomic mass is 9.82. The molecule has 2 fully saturated rings. The van der Waals surface area contributed by atoms with Crippen molar-refractivity contribution in [1.29, 1.82) is 0 Å². The molecule has 1 spiro atoms. The van der Waals surface area contributed by atoms with Crippen molar-refractivity contribution in [3.05, 3.63) is 34.5 Å². The number of carboxylic acids is 2. The van der Waals surface area contributed by atoms with Crippen molar-refractivity contribution in [1.82, 2.24) is 14.7 Å². The van der Waals surface area contributed by atoms with Crippen molar-refractivity contribution in [2.24, 2.45) is 0 Å². The van der Waals surface area contributed by atoms with Gasteiger partial charge in [-0.3, -0.25) is 14.6 Å². The monoisotopic (exact) mass is 561 g/mol. The highest BCUT2D eigenvalue weighted by molar-refractivity contribution is 7.11. The summed E-state index contributed by atoms with van der Waals surface area (Å²) < 4.78 is 63.5. The zero-order valence-electron chi connectivity index (χ0n) is 20.2. The van der Waals surface area contributed by atoms with Gasteiger partial charge in [0.25, 0.3) is 0 Å². The summed E-state index contributed by atoms with van der Waals surface area (Å²) in [5.41, 5.74) is -0.289. The predicted octanol–water partition coefficient (Wildman–Crippen LogP) is 3.62. The number of aryl methyl sites for hydroxylation is 1. The number of likely N-dealkylation sites (N-methyl/N-ethyl adjacent to an activating group) is 1. The molecule has 0 aliphatic carbocycles. The lowest BCUT2D eigenvalue weighted by Crippen LogP contribution is -2.67. The molecule has 0 aromatic carbocycles. The van der Waals surface area contributed by atoms with Gasteiger partial charge >= 0.3 is 24.3 Å². The van der Waals surface area contributed by atoms with E-state index in [0.717, 1.165) is 45.6 Å². The van der Waals surface area contributed by atoms with Gasteiger partial charge in [0.05, 0.1) is 0 Å². The molecule has 0 radical (unpaired) electrons. The first-order chi connectivity index (χ1) is 16.9. The second-order valence-corrected chi connectivity index (χ2v) is 9.76. The Balaban J connectivity index is 0.000000404. The van der Waals surface area contributed by atoms with Gasteiger partial charge in [0.1, 0.15) is 5.54 Å². The number of thiophene rings is 1. The van der Waals surface area contributed by atoms with E-state index in [1.54, 1.807) is 0 Å². The number of aliphatic carboxylic acids is 2. The SMILES string of the molecule is C=CCN1CCN(C)C2(CCN(Cc3ccc(C)s3)CC2)C1=O.O=C(O)C(F)(F)F.O=C(O)C(F)(F)F. The molecule has 2 aliphatic heterocycles. The summed E-state index contributed by atoms with van der Waals surface area (Å²) in [6.45, 7) is 11.4. The summed E-state index contributed by atoms with van der Waals surface area (Å²) in [5.74, 6) is -5.21. The fraction of sp³-hybridized carbons (Fsp3) is 0.591. The second kappa shape index (κ2) is 13.2. The average Bonchev–Trinajstić information content (AvgIpc) is 3.19. The fourth-order valence-corrected chi connectivity index (χ4v) is 4.77. The maximum absolute atomic E-state index is 13.0. The van der Waals surface area contributed by atoms with Crippen LogP contribution >= 0.6 is 11.3 Å². The number of halogens is 6. The summed E-state index contributed by atoms with van der Waals surface area (Å²) in [4.78, 5) is 40.3. The molecular weight excluding hydrogens is 532 g/mol. The normalized spacial score (nSPS) is 18.4. The molecule has 37 heavy (non-hydrogen) atoms. The number of carbonyl (C=O) groups is 3. The van der Waals surface area contributed by atoms with Gasteiger partial charge in [0.2, 0.25) is 5.91 Å². The van der Waals surface area contributed by atoms with Crippen LogP contribution in [0.2, 0.25) is 0 Å². The molecule has 2 saturated heterocycles. The standard InChI is InChI=1S/C18H27N3OS.2C2HF3O2/c1-4-9-21-13-12-19(3)18(17(21)22)7-10-20(11-8-18)14-16-6-5-15(2)23-16;2*3-2(4,5)1(6)7/h4-6H,1,7-14H2,2-3H3;2*(H,6,7). The third-order valence-electron chi connectivity index (χ3n) is 5.81. The largest absolute Gasteiger partial charge is 0.490 e. The van der Waals surface area contributed by atoms with Gasteiger partial charge < -0.3 is 15.1 Å². The van der Waals surface area contributed by atoms with E-state index in [-0.39, 0.29) is 5.54 Å². The van der Waals surface area contributed by atoms with Crippen LogP contribution in [0.15, 0.2) is 24.8 Å². The van der Waals surface area contributed by atoms with Crippen LogP contribution in [0.4, 0.5) is 26.3 Å². The molecule has 2 N–H and O–H groups in total. The molecule has 3 heterocycles. The number of piperidine rings is 1. The number of carboxylic acid groups (broad SMARTS) is 2. The predicted molar refractivity (Wildman–Crippen MR) is 123 cm³/mol. The Labute approximate surface area is 213 Å². The number of hydrogen-bond donors (Lipinski definition) is 2. The number of piperazine rings is 1. The Morgan fingerprint density at radius 1 is 1.03 bits per heavy atom. The minimum Gasteiger partial charge on any atom is -0.475 e. The molecule has 15 heteroatoms. The van der Waals surface area contributed by atoms with Crippen LogP contribution in [0, 0.1) is 6.92 Å². The summed E-state index contributed by atoms with van der Waals surface area (Å²) in [5, 5.41) is 14.2. The van der Waals surface area contributed by atoms with E-state index in [4.69, 9.17) is 19.8 Å². The molecule has 1 aromatic heterocycles. The van der Waals surface area contributed by atoms with E-state index in [9.17, 15) is 31.1 Å². The van der Waals surface area contributed by atoms with Gasteiger partial charge in [-0.05, 0) is 38.9 Å². The highest BCUT2D eigenvalue weighted by Gasteiger charge is 2.48. The molecule has 1 aromatic rings. The number of carbonyl (C=O) groups excluding carboxylic acids is 1. The Bertz CT molecular complexity index is 918. The smallest absolute Gasteiger partial charge is 0.475 e. The second-order valence-electron chi connectivity index (χ2n) is 8.39. The summed E-state index contributed by atoms with van der Waals surface area (Å²) >= 11 is 1.88. The first-order valence-corrected chi connectivity index (χ1v) is 11.7. The van der Waals surface area contributed by atoms with E-state index in [1.165, 1.54) is 9.75 Å². The number of hydrogen-bond acceptors (Lipinski definition) is 6. The van der Waals surface area contributed by atoms with E-state index < -0.39 is 24.3 Å². The average molecular weight is 562 g/mol. The van der Waals surface area contributed by atoms with Gasteiger partial charge in [-0.2, -0.15) is 26.3 Å². The molecule has 0 saturated carbocycles.